The van der Waals surface area contributed by atoms with Crippen LogP contribution in [0.1, 0.15) is 23.2 Å². The van der Waals surface area contributed by atoms with Gasteiger partial charge in [0, 0.05) is 18.3 Å². The zero-order chi connectivity index (χ0) is 10.7. The van der Waals surface area contributed by atoms with Crippen molar-refractivity contribution in [2.75, 3.05) is 0 Å². The third kappa shape index (κ3) is 1.67. The van der Waals surface area contributed by atoms with Gasteiger partial charge in [0.05, 0.1) is 5.56 Å². The Balaban J connectivity index is 3.37. The van der Waals surface area contributed by atoms with Gasteiger partial charge in [-0.25, -0.2) is 13.2 Å². The van der Waals surface area contributed by atoms with Crippen molar-refractivity contribution < 1.29 is 13.2 Å². The minimum Gasteiger partial charge on any atom is -0.326 e. The van der Waals surface area contributed by atoms with Gasteiger partial charge in [0.1, 0.15) is 11.8 Å². The number of aromatic nitrogens is 1. The highest BCUT2D eigenvalue weighted by atomic mass is 19.3. The molecule has 0 bridgehead atoms. The molecule has 0 atom stereocenters. The van der Waals surface area contributed by atoms with E-state index in [1.54, 1.807) is 0 Å². The summed E-state index contributed by atoms with van der Waals surface area (Å²) < 4.78 is 37.4. The highest BCUT2D eigenvalue weighted by Crippen LogP contribution is 2.23. The van der Waals surface area contributed by atoms with Gasteiger partial charge in [-0.1, -0.05) is 0 Å². The van der Waals surface area contributed by atoms with Gasteiger partial charge in [0.15, 0.2) is 5.82 Å². The molecule has 1 heterocycles. The second kappa shape index (κ2) is 4.07. The summed E-state index contributed by atoms with van der Waals surface area (Å²) in [6.07, 6.45) is -2.04. The third-order valence-electron chi connectivity index (χ3n) is 1.66. The van der Waals surface area contributed by atoms with Crippen molar-refractivity contribution in [3.05, 3.63) is 28.8 Å². The fourth-order valence-electron chi connectivity index (χ4n) is 0.966. The van der Waals surface area contributed by atoms with Gasteiger partial charge in [-0.3, -0.25) is 4.98 Å². The fourth-order valence-corrected chi connectivity index (χ4v) is 0.966. The van der Waals surface area contributed by atoms with E-state index in [1.165, 1.54) is 6.07 Å². The summed E-state index contributed by atoms with van der Waals surface area (Å²) in [5.41, 5.74) is 3.82. The fraction of sp³-hybridized carbons (Fsp3) is 0.250. The lowest BCUT2D eigenvalue weighted by Gasteiger charge is -2.05. The SMILES string of the molecule is N#Cc1c(CN)cnc(C(F)F)c1F. The standard InChI is InChI=1S/C8H6F3N3/c9-6-5(2-13)4(1-12)3-14-7(6)8(10)11/h3,8H,1,12H2. The van der Waals surface area contributed by atoms with E-state index in [9.17, 15) is 13.2 Å². The van der Waals surface area contributed by atoms with Gasteiger partial charge >= 0.3 is 0 Å². The van der Waals surface area contributed by atoms with Crippen molar-refractivity contribution in [3.8, 4) is 6.07 Å². The molecule has 0 fully saturated rings. The molecule has 0 unspecified atom stereocenters. The van der Waals surface area contributed by atoms with E-state index < -0.39 is 23.5 Å². The molecule has 14 heavy (non-hydrogen) atoms. The van der Waals surface area contributed by atoms with E-state index in [0.717, 1.165) is 6.20 Å². The molecule has 6 heteroatoms. The number of hydrogen-bond acceptors (Lipinski definition) is 3. The molecule has 0 saturated heterocycles. The maximum absolute atomic E-state index is 13.2. The molecule has 1 aromatic heterocycles. The highest BCUT2D eigenvalue weighted by molar-refractivity contribution is 5.39. The number of nitrogens with two attached hydrogens (primary N) is 1. The van der Waals surface area contributed by atoms with Crippen LogP contribution in [0.2, 0.25) is 0 Å². The first-order chi connectivity index (χ1) is 6.61. The lowest BCUT2D eigenvalue weighted by molar-refractivity contribution is 0.140. The predicted octanol–water partition coefficient (Wildman–Crippen LogP) is 1.49. The predicted molar refractivity (Wildman–Crippen MR) is 41.8 cm³/mol. The smallest absolute Gasteiger partial charge is 0.283 e. The molecule has 1 aromatic rings. The van der Waals surface area contributed by atoms with Crippen molar-refractivity contribution in [1.29, 1.82) is 5.26 Å². The van der Waals surface area contributed by atoms with Gasteiger partial charge in [-0.05, 0) is 0 Å². The second-order valence-electron chi connectivity index (χ2n) is 2.47. The largest absolute Gasteiger partial charge is 0.326 e. The maximum Gasteiger partial charge on any atom is 0.283 e. The number of halogens is 3. The number of nitrogens with zero attached hydrogens (tertiary/aromatic N) is 2. The summed E-state index contributed by atoms with van der Waals surface area (Å²) in [4.78, 5) is 3.20. The van der Waals surface area contributed by atoms with Gasteiger partial charge in [0.2, 0.25) is 0 Å². The zero-order valence-electron chi connectivity index (χ0n) is 6.97. The lowest BCUT2D eigenvalue weighted by atomic mass is 10.1. The first kappa shape index (κ1) is 10.5. The van der Waals surface area contributed by atoms with Crippen LogP contribution in [-0.4, -0.2) is 4.98 Å². The Hall–Kier alpha value is -1.61. The quantitative estimate of drug-likeness (QED) is 0.788. The van der Waals surface area contributed by atoms with E-state index in [1.807, 2.05) is 0 Å². The van der Waals surface area contributed by atoms with Crippen LogP contribution in [0.15, 0.2) is 6.20 Å². The molecule has 3 nitrogen and oxygen atoms in total. The van der Waals surface area contributed by atoms with Crippen LogP contribution >= 0.6 is 0 Å². The van der Waals surface area contributed by atoms with Crippen molar-refractivity contribution in [2.24, 2.45) is 5.73 Å². The summed E-state index contributed by atoms with van der Waals surface area (Å²) in [7, 11) is 0. The molecule has 74 valence electrons. The topological polar surface area (TPSA) is 62.7 Å². The molecule has 0 aliphatic rings. The number of rotatable bonds is 2. The Kier molecular flexibility index (Phi) is 3.04. The molecule has 0 spiro atoms. The highest BCUT2D eigenvalue weighted by Gasteiger charge is 2.20. The first-order valence-corrected chi connectivity index (χ1v) is 3.67. The molecule has 0 aliphatic heterocycles. The summed E-state index contributed by atoms with van der Waals surface area (Å²) in [5, 5.41) is 8.52. The second-order valence-corrected chi connectivity index (χ2v) is 2.47. The molecule has 0 aromatic carbocycles. The number of nitriles is 1. The van der Waals surface area contributed by atoms with E-state index >= 15 is 0 Å². The van der Waals surface area contributed by atoms with Crippen LogP contribution in [0.5, 0.6) is 0 Å². The van der Waals surface area contributed by atoms with Gasteiger partial charge in [-0.15, -0.1) is 0 Å². The molecule has 0 saturated carbocycles. The Morgan fingerprint density at radius 3 is 2.64 bits per heavy atom. The molecule has 0 amide bonds. The molecular weight excluding hydrogens is 195 g/mol. The molecule has 0 radical (unpaired) electrons. The summed E-state index contributed by atoms with van der Waals surface area (Å²) >= 11 is 0. The third-order valence-corrected chi connectivity index (χ3v) is 1.66. The van der Waals surface area contributed by atoms with Crippen molar-refractivity contribution >= 4 is 0 Å². The molecule has 0 aliphatic carbocycles. The summed E-state index contributed by atoms with van der Waals surface area (Å²) in [6, 6.07) is 1.48. The van der Waals surface area contributed by atoms with Crippen molar-refractivity contribution in [1.82, 2.24) is 4.98 Å². The monoisotopic (exact) mass is 201 g/mol. The number of pyridine rings is 1. The average Bonchev–Trinajstić information content (AvgIpc) is 2.16. The van der Waals surface area contributed by atoms with Gasteiger partial charge in [-0.2, -0.15) is 5.26 Å². The Morgan fingerprint density at radius 1 is 1.57 bits per heavy atom. The Morgan fingerprint density at radius 2 is 2.21 bits per heavy atom. The molecule has 1 rings (SSSR count). The van der Waals surface area contributed by atoms with Crippen molar-refractivity contribution in [2.45, 2.75) is 13.0 Å². The normalized spacial score (nSPS) is 10.3. The van der Waals surface area contributed by atoms with Crippen LogP contribution in [-0.2, 0) is 6.54 Å². The van der Waals surface area contributed by atoms with Gasteiger partial charge in [0.25, 0.3) is 6.43 Å². The number of alkyl halides is 2. The minimum absolute atomic E-state index is 0.115. The van der Waals surface area contributed by atoms with Crippen molar-refractivity contribution in [3.63, 3.8) is 0 Å². The van der Waals surface area contributed by atoms with Crippen LogP contribution < -0.4 is 5.73 Å². The van der Waals surface area contributed by atoms with Crippen LogP contribution in [0, 0.1) is 17.1 Å². The van der Waals surface area contributed by atoms with Crippen LogP contribution in [0.3, 0.4) is 0 Å². The van der Waals surface area contributed by atoms with E-state index in [4.69, 9.17) is 11.0 Å². The summed E-state index contributed by atoms with van der Waals surface area (Å²) in [6.45, 7) is -0.115. The Bertz CT molecular complexity index is 384. The number of hydrogen-bond donors (Lipinski definition) is 1. The summed E-state index contributed by atoms with van der Waals surface area (Å²) in [5.74, 6) is -1.29. The van der Waals surface area contributed by atoms with E-state index in [0.29, 0.717) is 0 Å². The Labute approximate surface area is 78.0 Å². The molecular formula is C8H6F3N3. The minimum atomic E-state index is -3.03. The zero-order valence-corrected chi connectivity index (χ0v) is 6.97. The molecule has 2 N–H and O–H groups in total. The maximum atomic E-state index is 13.2. The van der Waals surface area contributed by atoms with E-state index in [-0.39, 0.29) is 12.1 Å². The van der Waals surface area contributed by atoms with Crippen LogP contribution in [0.25, 0.3) is 0 Å². The van der Waals surface area contributed by atoms with Crippen LogP contribution in [0.4, 0.5) is 13.2 Å². The van der Waals surface area contributed by atoms with Gasteiger partial charge < -0.3 is 5.73 Å². The average molecular weight is 201 g/mol. The lowest BCUT2D eigenvalue weighted by Crippen LogP contribution is -2.06. The van der Waals surface area contributed by atoms with E-state index in [2.05, 4.69) is 4.98 Å². The first-order valence-electron chi connectivity index (χ1n) is 3.67.